The fourth-order valence-electron chi connectivity index (χ4n) is 5.44. The van der Waals surface area contributed by atoms with Gasteiger partial charge in [-0.1, -0.05) is 36.8 Å². The molecule has 0 spiro atoms. The van der Waals surface area contributed by atoms with Crippen molar-refractivity contribution in [2.45, 2.75) is 75.5 Å². The zero-order valence-corrected chi connectivity index (χ0v) is 24.1. The van der Waals surface area contributed by atoms with E-state index in [0.717, 1.165) is 0 Å². The number of nitrogens with one attached hydrogen (secondary N) is 1. The average molecular weight is 581 g/mol. The summed E-state index contributed by atoms with van der Waals surface area (Å²) in [6.07, 6.45) is -0.862. The molecule has 40 heavy (non-hydrogen) atoms. The highest BCUT2D eigenvalue weighted by atomic mass is 35.5. The molecule has 4 rings (SSSR count). The van der Waals surface area contributed by atoms with E-state index in [0.29, 0.717) is 16.8 Å². The number of aliphatic hydroxyl groups is 3. The van der Waals surface area contributed by atoms with Crippen molar-refractivity contribution in [2.24, 2.45) is 5.92 Å². The number of carbonyl (C=O) groups is 2. The molecule has 2 saturated heterocycles. The summed E-state index contributed by atoms with van der Waals surface area (Å²) in [5.41, 5.74) is -1.64. The Morgan fingerprint density at radius 2 is 1.93 bits per heavy atom. The van der Waals surface area contributed by atoms with Crippen LogP contribution in [0.25, 0.3) is 0 Å². The maximum absolute atomic E-state index is 13.3. The minimum atomic E-state index is -1.80. The van der Waals surface area contributed by atoms with Crippen LogP contribution in [0.3, 0.4) is 0 Å². The van der Waals surface area contributed by atoms with Crippen LogP contribution in [0.4, 0.5) is 10.5 Å². The molecule has 2 fully saturated rings. The number of rotatable bonds is 2. The zero-order valence-electron chi connectivity index (χ0n) is 23.4. The van der Waals surface area contributed by atoms with Crippen LogP contribution in [0.1, 0.15) is 45.3 Å². The summed E-state index contributed by atoms with van der Waals surface area (Å²) < 4.78 is 22.3. The van der Waals surface area contributed by atoms with Gasteiger partial charge in [-0.25, -0.2) is 4.79 Å². The molecule has 0 aliphatic carbocycles. The highest BCUT2D eigenvalue weighted by Crippen LogP contribution is 2.48. The third-order valence-electron chi connectivity index (χ3n) is 8.19. The van der Waals surface area contributed by atoms with Crippen molar-refractivity contribution in [2.75, 3.05) is 26.2 Å². The first-order chi connectivity index (χ1) is 18.8. The van der Waals surface area contributed by atoms with E-state index in [1.807, 2.05) is 0 Å². The highest BCUT2D eigenvalue weighted by Gasteiger charge is 2.62. The third-order valence-corrected chi connectivity index (χ3v) is 8.57. The summed E-state index contributed by atoms with van der Waals surface area (Å²) in [7, 11) is 4.36. The quantitative estimate of drug-likeness (QED) is 0.387. The van der Waals surface area contributed by atoms with Crippen molar-refractivity contribution in [3.8, 4) is 5.75 Å². The van der Waals surface area contributed by atoms with Gasteiger partial charge in [0.2, 0.25) is 5.91 Å². The Morgan fingerprint density at radius 3 is 2.58 bits per heavy atom. The molecule has 3 aliphatic rings. The molecule has 12 heteroatoms. The Balaban J connectivity index is 1.78. The molecule has 1 unspecified atom stereocenters. The minimum absolute atomic E-state index is 0.0219. The number of allylic oxidation sites excluding steroid dienone is 2. The Bertz CT molecular complexity index is 1220. The van der Waals surface area contributed by atoms with Gasteiger partial charge in [0.25, 0.3) is 0 Å². The van der Waals surface area contributed by atoms with Crippen LogP contribution in [0.5, 0.6) is 5.75 Å². The first-order valence-corrected chi connectivity index (χ1v) is 13.4. The van der Waals surface area contributed by atoms with Crippen LogP contribution in [-0.4, -0.2) is 84.3 Å². The van der Waals surface area contributed by atoms with Crippen LogP contribution >= 0.6 is 11.6 Å². The number of ether oxygens (including phenoxy) is 4. The van der Waals surface area contributed by atoms with Gasteiger partial charge in [0.1, 0.15) is 34.7 Å². The summed E-state index contributed by atoms with van der Waals surface area (Å²) in [5, 5.41) is 36.2. The number of halogens is 1. The standard InChI is InChI=1S/C28H37ClN2O9/c1-14-8-7-9-21(38-6)28(36)13-19(39-26(35)30-28)15(2)25-27(3,40-25)20(32)12-22(33)31(4)17-10-16(24(14)34)11-18(37-5)23(17)29/h7-11,15,19-21,24-25,32,34,36H,12-13H2,1-6H3,(H,30,35)/b9-7-,14-8-/t15-,19+,20?,21-,24+,25+,27+,28+/m1/s1. The van der Waals surface area contributed by atoms with Gasteiger partial charge in [-0.05, 0) is 37.1 Å². The number of carbonyl (C=O) groups excluding carboxylic acids is 2. The van der Waals surface area contributed by atoms with Crippen LogP contribution in [0, 0.1) is 5.92 Å². The highest BCUT2D eigenvalue weighted by molar-refractivity contribution is 6.35. The van der Waals surface area contributed by atoms with E-state index in [9.17, 15) is 24.9 Å². The number of fused-ring (bicyclic) bond motifs is 5. The molecule has 0 radical (unpaired) electrons. The summed E-state index contributed by atoms with van der Waals surface area (Å²) >= 11 is 6.55. The average Bonchev–Trinajstić information content (AvgIpc) is 3.61. The maximum Gasteiger partial charge on any atom is 0.409 e. The predicted molar refractivity (Wildman–Crippen MR) is 146 cm³/mol. The Labute approximate surface area is 238 Å². The molecule has 8 atom stereocenters. The number of alkyl carbamates (subject to hydrolysis) is 1. The van der Waals surface area contributed by atoms with Gasteiger partial charge in [-0.15, -0.1) is 0 Å². The molecule has 2 amide bonds. The minimum Gasteiger partial charge on any atom is -0.495 e. The molecular formula is C28H37ClN2O9. The predicted octanol–water partition coefficient (Wildman–Crippen LogP) is 2.61. The number of epoxide rings is 1. The van der Waals surface area contributed by atoms with Crippen molar-refractivity contribution in [1.29, 1.82) is 0 Å². The summed E-state index contributed by atoms with van der Waals surface area (Å²) in [6.45, 7) is 5.19. The van der Waals surface area contributed by atoms with Gasteiger partial charge in [0, 0.05) is 26.5 Å². The van der Waals surface area contributed by atoms with Gasteiger partial charge >= 0.3 is 6.09 Å². The third kappa shape index (κ3) is 5.59. The fourth-order valence-corrected chi connectivity index (χ4v) is 5.76. The summed E-state index contributed by atoms with van der Waals surface area (Å²) in [5.74, 6) is -0.607. The van der Waals surface area contributed by atoms with E-state index >= 15 is 0 Å². The van der Waals surface area contributed by atoms with E-state index in [-0.39, 0.29) is 23.6 Å². The molecule has 3 heterocycles. The monoisotopic (exact) mass is 580 g/mol. The van der Waals surface area contributed by atoms with Crippen LogP contribution < -0.4 is 15.0 Å². The molecular weight excluding hydrogens is 544 g/mol. The van der Waals surface area contributed by atoms with E-state index in [1.54, 1.807) is 51.1 Å². The molecule has 0 saturated carbocycles. The van der Waals surface area contributed by atoms with Gasteiger partial charge in [-0.2, -0.15) is 0 Å². The summed E-state index contributed by atoms with van der Waals surface area (Å²) in [6, 6.07) is 3.17. The van der Waals surface area contributed by atoms with Crippen LogP contribution in [-0.2, 0) is 19.0 Å². The number of anilines is 1. The number of amides is 2. The number of hydrogen-bond acceptors (Lipinski definition) is 9. The fraction of sp³-hybridized carbons (Fsp3) is 0.571. The van der Waals surface area contributed by atoms with Gasteiger partial charge < -0.3 is 39.2 Å². The van der Waals surface area contributed by atoms with Gasteiger partial charge in [0.05, 0.1) is 31.4 Å². The lowest BCUT2D eigenvalue weighted by Crippen LogP contribution is -2.63. The zero-order chi connectivity index (χ0) is 29.6. The number of aliphatic hydroxyl groups excluding tert-OH is 2. The molecule has 4 N–H and O–H groups in total. The van der Waals surface area contributed by atoms with Crippen molar-refractivity contribution in [1.82, 2.24) is 5.32 Å². The molecule has 3 aliphatic heterocycles. The van der Waals surface area contributed by atoms with Crippen molar-refractivity contribution < 1.29 is 43.9 Å². The first kappa shape index (κ1) is 30.3. The van der Waals surface area contributed by atoms with Crippen molar-refractivity contribution in [3.05, 3.63) is 46.5 Å². The Hall–Kier alpha value is -2.67. The topological polar surface area (TPSA) is 150 Å². The van der Waals surface area contributed by atoms with E-state index in [1.165, 1.54) is 26.2 Å². The second kappa shape index (κ2) is 11.3. The van der Waals surface area contributed by atoms with E-state index < -0.39 is 59.8 Å². The number of benzene rings is 1. The molecule has 220 valence electrons. The maximum atomic E-state index is 13.3. The van der Waals surface area contributed by atoms with E-state index in [4.69, 9.17) is 30.5 Å². The molecule has 1 aromatic carbocycles. The second-order valence-electron chi connectivity index (χ2n) is 10.9. The summed E-state index contributed by atoms with van der Waals surface area (Å²) in [4.78, 5) is 27.1. The number of nitrogens with zero attached hydrogens (tertiary/aromatic N) is 1. The normalized spacial score (nSPS) is 38.9. The van der Waals surface area contributed by atoms with Crippen molar-refractivity contribution >= 4 is 29.3 Å². The smallest absolute Gasteiger partial charge is 0.409 e. The number of hydrogen-bond donors (Lipinski definition) is 4. The number of methoxy groups -OCH3 is 2. The molecule has 1 aromatic rings. The largest absolute Gasteiger partial charge is 0.495 e. The first-order valence-electron chi connectivity index (χ1n) is 13.0. The molecule has 4 bridgehead atoms. The van der Waals surface area contributed by atoms with Gasteiger partial charge in [0.15, 0.2) is 5.72 Å². The van der Waals surface area contributed by atoms with E-state index in [2.05, 4.69) is 5.32 Å². The van der Waals surface area contributed by atoms with Crippen molar-refractivity contribution in [3.63, 3.8) is 0 Å². The Morgan fingerprint density at radius 1 is 1.23 bits per heavy atom. The lowest BCUT2D eigenvalue weighted by molar-refractivity contribution is -0.142. The SMILES string of the molecule is COc1cc2cc(c1Cl)N(C)C(=O)CC(O)[C@]1(C)O[C@H]1[C@H](C)[C@@H]1C[C@@](O)(NC(=O)O1)[C@H](OC)/C=C\C=C(\C)[C@@H]2O. The molecule has 0 aromatic heterocycles. The Kier molecular flexibility index (Phi) is 8.56. The van der Waals surface area contributed by atoms with Crippen LogP contribution in [0.15, 0.2) is 35.9 Å². The van der Waals surface area contributed by atoms with Gasteiger partial charge in [-0.3, -0.25) is 10.1 Å². The van der Waals surface area contributed by atoms with Crippen LogP contribution in [0.2, 0.25) is 5.02 Å². The lowest BCUT2D eigenvalue weighted by atomic mass is 9.84. The molecule has 11 nitrogen and oxygen atoms in total. The second-order valence-corrected chi connectivity index (χ2v) is 11.2. The lowest BCUT2D eigenvalue weighted by Gasteiger charge is -2.42.